The molecule has 0 aliphatic heterocycles. The number of aromatic nitrogens is 2. The van der Waals surface area contributed by atoms with E-state index in [9.17, 15) is 4.79 Å². The van der Waals surface area contributed by atoms with Crippen molar-refractivity contribution in [1.29, 1.82) is 0 Å². The standard InChI is InChI=1S/C18H22N2O2S/c21-12-6-11-20-16-10-5-4-9-15(16)17(19-18(20)22)23-13-14-7-2-1-3-8-14/h1-3,7-8,21H,4-6,9-13H2. The van der Waals surface area contributed by atoms with E-state index in [1.165, 1.54) is 11.1 Å². The molecule has 1 aromatic heterocycles. The van der Waals surface area contributed by atoms with E-state index in [-0.39, 0.29) is 12.3 Å². The molecule has 2 aromatic rings. The van der Waals surface area contributed by atoms with Crippen LogP contribution in [0.5, 0.6) is 0 Å². The van der Waals surface area contributed by atoms with Gasteiger partial charge in [-0.2, -0.15) is 4.98 Å². The van der Waals surface area contributed by atoms with E-state index in [0.717, 1.165) is 42.2 Å². The number of aliphatic hydroxyl groups excluding tert-OH is 1. The van der Waals surface area contributed by atoms with E-state index >= 15 is 0 Å². The van der Waals surface area contributed by atoms with E-state index in [2.05, 4.69) is 17.1 Å². The Balaban J connectivity index is 1.88. The molecule has 0 amide bonds. The predicted octanol–water partition coefficient (Wildman–Crippen LogP) is 2.80. The van der Waals surface area contributed by atoms with Crippen LogP contribution in [0.15, 0.2) is 40.2 Å². The van der Waals surface area contributed by atoms with Crippen molar-refractivity contribution in [3.63, 3.8) is 0 Å². The van der Waals surface area contributed by atoms with Gasteiger partial charge in [0, 0.05) is 30.2 Å². The highest BCUT2D eigenvalue weighted by molar-refractivity contribution is 7.98. The molecule has 0 saturated carbocycles. The van der Waals surface area contributed by atoms with Crippen molar-refractivity contribution in [2.75, 3.05) is 6.61 Å². The third-order valence-electron chi connectivity index (χ3n) is 4.21. The van der Waals surface area contributed by atoms with Crippen molar-refractivity contribution in [2.45, 2.75) is 49.4 Å². The Morgan fingerprint density at radius 2 is 1.96 bits per heavy atom. The zero-order valence-electron chi connectivity index (χ0n) is 13.2. The van der Waals surface area contributed by atoms with Crippen molar-refractivity contribution < 1.29 is 5.11 Å². The number of thioether (sulfide) groups is 1. The Kier molecular flexibility index (Phi) is 5.51. The summed E-state index contributed by atoms with van der Waals surface area (Å²) >= 11 is 1.66. The lowest BCUT2D eigenvalue weighted by Crippen LogP contribution is -2.30. The molecule has 0 radical (unpaired) electrons. The Hall–Kier alpha value is -1.59. The van der Waals surface area contributed by atoms with Gasteiger partial charge in [0.1, 0.15) is 5.03 Å². The van der Waals surface area contributed by atoms with Crippen molar-refractivity contribution in [2.24, 2.45) is 0 Å². The minimum atomic E-state index is -0.172. The lowest BCUT2D eigenvalue weighted by molar-refractivity contribution is 0.277. The molecule has 1 N–H and O–H groups in total. The molecule has 0 atom stereocenters. The molecule has 0 spiro atoms. The molecule has 0 saturated heterocycles. The van der Waals surface area contributed by atoms with Gasteiger partial charge in [0.25, 0.3) is 0 Å². The second kappa shape index (κ2) is 7.79. The highest BCUT2D eigenvalue weighted by Crippen LogP contribution is 2.30. The maximum atomic E-state index is 12.4. The Labute approximate surface area is 140 Å². The molecule has 5 heteroatoms. The van der Waals surface area contributed by atoms with Gasteiger partial charge in [-0.1, -0.05) is 30.3 Å². The molecule has 23 heavy (non-hydrogen) atoms. The van der Waals surface area contributed by atoms with Crippen LogP contribution in [0.3, 0.4) is 0 Å². The van der Waals surface area contributed by atoms with E-state index < -0.39 is 0 Å². The molecular weight excluding hydrogens is 308 g/mol. The zero-order valence-corrected chi connectivity index (χ0v) is 14.0. The zero-order chi connectivity index (χ0) is 16.1. The summed E-state index contributed by atoms with van der Waals surface area (Å²) in [6.45, 7) is 0.667. The maximum absolute atomic E-state index is 12.4. The van der Waals surface area contributed by atoms with Crippen molar-refractivity contribution in [3.05, 3.63) is 57.6 Å². The van der Waals surface area contributed by atoms with Gasteiger partial charge in [-0.15, -0.1) is 11.8 Å². The number of benzene rings is 1. The number of hydrogen-bond acceptors (Lipinski definition) is 4. The molecule has 122 valence electrons. The summed E-state index contributed by atoms with van der Waals surface area (Å²) in [4.78, 5) is 16.7. The first-order valence-electron chi connectivity index (χ1n) is 8.20. The maximum Gasteiger partial charge on any atom is 0.348 e. The largest absolute Gasteiger partial charge is 0.396 e. The van der Waals surface area contributed by atoms with Crippen LogP contribution in [0.4, 0.5) is 0 Å². The summed E-state index contributed by atoms with van der Waals surface area (Å²) in [6, 6.07) is 10.3. The third kappa shape index (κ3) is 3.85. The number of rotatable bonds is 6. The Bertz CT molecular complexity index is 713. The number of hydrogen-bond donors (Lipinski definition) is 1. The smallest absolute Gasteiger partial charge is 0.348 e. The van der Waals surface area contributed by atoms with Gasteiger partial charge in [-0.25, -0.2) is 4.79 Å². The molecule has 1 heterocycles. The third-order valence-corrected chi connectivity index (χ3v) is 5.30. The van der Waals surface area contributed by atoms with Gasteiger partial charge in [-0.3, -0.25) is 4.57 Å². The molecule has 1 aliphatic rings. The van der Waals surface area contributed by atoms with E-state index in [0.29, 0.717) is 13.0 Å². The second-order valence-corrected chi connectivity index (χ2v) is 6.80. The van der Waals surface area contributed by atoms with Gasteiger partial charge in [0.15, 0.2) is 0 Å². The van der Waals surface area contributed by atoms with Gasteiger partial charge in [0.05, 0.1) is 0 Å². The molecular formula is C18H22N2O2S. The molecule has 0 unspecified atom stereocenters. The van der Waals surface area contributed by atoms with Gasteiger partial charge in [-0.05, 0) is 37.7 Å². The number of fused-ring (bicyclic) bond motifs is 1. The summed E-state index contributed by atoms with van der Waals surface area (Å²) in [5.74, 6) is 0.834. The summed E-state index contributed by atoms with van der Waals surface area (Å²) in [6.07, 6.45) is 4.82. The van der Waals surface area contributed by atoms with Crippen LogP contribution in [-0.2, 0) is 25.1 Å². The molecule has 0 fully saturated rings. The van der Waals surface area contributed by atoms with Crippen LogP contribution in [0.2, 0.25) is 0 Å². The van der Waals surface area contributed by atoms with E-state index in [1.54, 1.807) is 16.3 Å². The topological polar surface area (TPSA) is 55.1 Å². The lowest BCUT2D eigenvalue weighted by Gasteiger charge is -2.22. The van der Waals surface area contributed by atoms with Crippen LogP contribution in [0.1, 0.15) is 36.1 Å². The van der Waals surface area contributed by atoms with Crippen LogP contribution in [-0.4, -0.2) is 21.3 Å². The first-order chi connectivity index (χ1) is 11.3. The quantitative estimate of drug-likeness (QED) is 0.654. The average Bonchev–Trinajstić information content (AvgIpc) is 2.60. The van der Waals surface area contributed by atoms with Crippen LogP contribution >= 0.6 is 11.8 Å². The Morgan fingerprint density at radius 1 is 1.17 bits per heavy atom. The average molecular weight is 330 g/mol. The first kappa shape index (κ1) is 16.3. The Morgan fingerprint density at radius 3 is 2.74 bits per heavy atom. The molecule has 3 rings (SSSR count). The fourth-order valence-corrected chi connectivity index (χ4v) is 4.09. The summed E-state index contributed by atoms with van der Waals surface area (Å²) in [5.41, 5.74) is 3.46. The molecule has 4 nitrogen and oxygen atoms in total. The monoisotopic (exact) mass is 330 g/mol. The normalized spacial score (nSPS) is 13.8. The van der Waals surface area contributed by atoms with Crippen LogP contribution in [0, 0.1) is 0 Å². The summed E-state index contributed by atoms with van der Waals surface area (Å²) < 4.78 is 1.78. The van der Waals surface area contributed by atoms with Gasteiger partial charge >= 0.3 is 5.69 Å². The van der Waals surface area contributed by atoms with E-state index in [1.807, 2.05) is 18.2 Å². The fourth-order valence-electron chi connectivity index (χ4n) is 3.05. The van der Waals surface area contributed by atoms with Crippen molar-refractivity contribution in [1.82, 2.24) is 9.55 Å². The minimum absolute atomic E-state index is 0.103. The highest BCUT2D eigenvalue weighted by atomic mass is 32.2. The molecule has 0 bridgehead atoms. The van der Waals surface area contributed by atoms with Crippen LogP contribution in [0.25, 0.3) is 0 Å². The fraction of sp³-hybridized carbons (Fsp3) is 0.444. The number of nitrogens with zero attached hydrogens (tertiary/aromatic N) is 2. The lowest BCUT2D eigenvalue weighted by atomic mass is 9.97. The molecule has 1 aromatic carbocycles. The van der Waals surface area contributed by atoms with Gasteiger partial charge in [0.2, 0.25) is 0 Å². The van der Waals surface area contributed by atoms with Crippen LogP contribution < -0.4 is 5.69 Å². The van der Waals surface area contributed by atoms with E-state index in [4.69, 9.17) is 5.11 Å². The minimum Gasteiger partial charge on any atom is -0.396 e. The second-order valence-electron chi connectivity index (χ2n) is 5.83. The summed E-state index contributed by atoms with van der Waals surface area (Å²) in [7, 11) is 0. The molecule has 1 aliphatic carbocycles. The van der Waals surface area contributed by atoms with Crippen molar-refractivity contribution >= 4 is 11.8 Å². The first-order valence-corrected chi connectivity index (χ1v) is 9.18. The van der Waals surface area contributed by atoms with Gasteiger partial charge < -0.3 is 5.11 Å². The number of aliphatic hydroxyl groups is 1. The summed E-state index contributed by atoms with van der Waals surface area (Å²) in [5, 5.41) is 9.94. The highest BCUT2D eigenvalue weighted by Gasteiger charge is 2.20. The predicted molar refractivity (Wildman–Crippen MR) is 92.8 cm³/mol. The SMILES string of the molecule is O=c1nc(SCc2ccccc2)c2c(n1CCCO)CCCC2. The van der Waals surface area contributed by atoms with Crippen molar-refractivity contribution in [3.8, 4) is 0 Å².